The third-order valence-corrected chi connectivity index (χ3v) is 6.01. The molecule has 1 N–H and O–H groups in total. The van der Waals surface area contributed by atoms with Crippen molar-refractivity contribution in [2.75, 3.05) is 13.1 Å². The summed E-state index contributed by atoms with van der Waals surface area (Å²) >= 11 is 0. The van der Waals surface area contributed by atoms with E-state index >= 15 is 0 Å². The highest BCUT2D eigenvalue weighted by Gasteiger charge is 2.58. The van der Waals surface area contributed by atoms with Crippen LogP contribution in [0.2, 0.25) is 0 Å². The summed E-state index contributed by atoms with van der Waals surface area (Å²) in [6, 6.07) is 9.24. The van der Waals surface area contributed by atoms with Gasteiger partial charge >= 0.3 is 0 Å². The molecular weight excluding hydrogens is 356 g/mol. The fourth-order valence-electron chi connectivity index (χ4n) is 4.70. The molecule has 7 nitrogen and oxygen atoms in total. The molecule has 148 valence electrons. The summed E-state index contributed by atoms with van der Waals surface area (Å²) in [6.45, 7) is 6.87. The van der Waals surface area contributed by atoms with Crippen molar-refractivity contribution in [3.63, 3.8) is 0 Å². The number of hydrogen-bond acceptors (Lipinski definition) is 5. The zero-order valence-corrected chi connectivity index (χ0v) is 16.5. The van der Waals surface area contributed by atoms with Gasteiger partial charge in [0.2, 0.25) is 11.8 Å². The minimum Gasteiger partial charge on any atom is -0.349 e. The molecule has 1 unspecified atom stereocenters. The van der Waals surface area contributed by atoms with Crippen LogP contribution in [0.25, 0.3) is 0 Å². The molecule has 4 rings (SSSR count). The van der Waals surface area contributed by atoms with Gasteiger partial charge in [-0.2, -0.15) is 4.98 Å². The van der Waals surface area contributed by atoms with E-state index in [0.717, 1.165) is 6.42 Å². The molecule has 1 aromatic carbocycles. The molecule has 28 heavy (non-hydrogen) atoms. The number of likely N-dealkylation sites (tertiary alicyclic amines) is 1. The van der Waals surface area contributed by atoms with Gasteiger partial charge < -0.3 is 14.7 Å². The van der Waals surface area contributed by atoms with Crippen LogP contribution in [0, 0.1) is 18.8 Å². The molecule has 2 heterocycles. The standard InChI is InChI=1S/C21H26N4O3/c1-13(2)19(27)25-11-16-9-17(23-18(26)15-7-5-4-6-8-15)10-21(16,12-25)20-22-14(3)24-28-20/h4-8,13,16-17H,9-12H2,1-3H3,(H,23,26)/t16?,17-,21+/m1/s1. The molecule has 0 bridgehead atoms. The summed E-state index contributed by atoms with van der Waals surface area (Å²) < 4.78 is 5.57. The first-order valence-corrected chi connectivity index (χ1v) is 9.84. The van der Waals surface area contributed by atoms with Gasteiger partial charge in [-0.3, -0.25) is 9.59 Å². The van der Waals surface area contributed by atoms with Crippen LogP contribution in [-0.4, -0.2) is 46.0 Å². The fraction of sp³-hybridized carbons (Fsp3) is 0.524. The van der Waals surface area contributed by atoms with Gasteiger partial charge in [0.05, 0.1) is 5.41 Å². The molecule has 2 aliphatic rings. The first-order chi connectivity index (χ1) is 13.4. The van der Waals surface area contributed by atoms with E-state index in [0.29, 0.717) is 36.8 Å². The summed E-state index contributed by atoms with van der Waals surface area (Å²) in [5.41, 5.74) is 0.263. The van der Waals surface area contributed by atoms with Crippen molar-refractivity contribution in [3.05, 3.63) is 47.6 Å². The second-order valence-corrected chi connectivity index (χ2v) is 8.35. The first kappa shape index (κ1) is 18.7. The Labute approximate surface area is 164 Å². The van der Waals surface area contributed by atoms with Gasteiger partial charge in [-0.25, -0.2) is 0 Å². The molecule has 1 aliphatic carbocycles. The van der Waals surface area contributed by atoms with Crippen LogP contribution in [-0.2, 0) is 10.2 Å². The number of nitrogens with zero attached hydrogens (tertiary/aromatic N) is 3. The molecule has 1 saturated heterocycles. The van der Waals surface area contributed by atoms with Crippen molar-refractivity contribution in [2.24, 2.45) is 11.8 Å². The van der Waals surface area contributed by atoms with E-state index in [1.54, 1.807) is 6.92 Å². The van der Waals surface area contributed by atoms with E-state index < -0.39 is 0 Å². The van der Waals surface area contributed by atoms with Crippen LogP contribution >= 0.6 is 0 Å². The lowest BCUT2D eigenvalue weighted by atomic mass is 9.80. The van der Waals surface area contributed by atoms with Crippen molar-refractivity contribution in [1.82, 2.24) is 20.4 Å². The van der Waals surface area contributed by atoms with Crippen LogP contribution in [0.3, 0.4) is 0 Å². The number of benzene rings is 1. The van der Waals surface area contributed by atoms with Crippen LogP contribution in [0.1, 0.15) is 48.8 Å². The maximum atomic E-state index is 12.6. The average Bonchev–Trinajstić information content (AvgIpc) is 3.34. The van der Waals surface area contributed by atoms with Gasteiger partial charge in [0, 0.05) is 30.6 Å². The van der Waals surface area contributed by atoms with Crippen molar-refractivity contribution < 1.29 is 14.1 Å². The van der Waals surface area contributed by atoms with Crippen molar-refractivity contribution >= 4 is 11.8 Å². The van der Waals surface area contributed by atoms with E-state index in [4.69, 9.17) is 4.52 Å². The molecule has 0 radical (unpaired) electrons. The normalized spacial score (nSPS) is 26.5. The summed E-state index contributed by atoms with van der Waals surface area (Å²) in [5.74, 6) is 1.40. The predicted molar refractivity (Wildman–Crippen MR) is 103 cm³/mol. The third kappa shape index (κ3) is 3.19. The topological polar surface area (TPSA) is 88.3 Å². The van der Waals surface area contributed by atoms with Gasteiger partial charge in [-0.15, -0.1) is 0 Å². The lowest BCUT2D eigenvalue weighted by Gasteiger charge is -2.26. The Morgan fingerprint density at radius 3 is 2.68 bits per heavy atom. The van der Waals surface area contributed by atoms with Gasteiger partial charge in [0.1, 0.15) is 0 Å². The molecule has 1 saturated carbocycles. The zero-order valence-electron chi connectivity index (χ0n) is 16.5. The number of rotatable bonds is 4. The van der Waals surface area contributed by atoms with Gasteiger partial charge in [0.25, 0.3) is 5.91 Å². The average molecular weight is 382 g/mol. The van der Waals surface area contributed by atoms with Crippen LogP contribution in [0.15, 0.2) is 34.9 Å². The first-order valence-electron chi connectivity index (χ1n) is 9.84. The summed E-state index contributed by atoms with van der Waals surface area (Å²) in [5, 5.41) is 7.14. The Bertz CT molecular complexity index is 879. The molecule has 1 aromatic heterocycles. The van der Waals surface area contributed by atoms with Crippen molar-refractivity contribution in [2.45, 2.75) is 45.1 Å². The van der Waals surface area contributed by atoms with Crippen LogP contribution in [0.5, 0.6) is 0 Å². The Morgan fingerprint density at radius 1 is 1.29 bits per heavy atom. The lowest BCUT2D eigenvalue weighted by molar-refractivity contribution is -0.133. The second kappa shape index (κ2) is 7.04. The number of nitrogens with one attached hydrogen (secondary N) is 1. The highest BCUT2D eigenvalue weighted by atomic mass is 16.5. The number of hydrogen-bond donors (Lipinski definition) is 1. The zero-order chi connectivity index (χ0) is 19.9. The smallest absolute Gasteiger partial charge is 0.251 e. The number of aryl methyl sites for hydroxylation is 1. The van der Waals surface area contributed by atoms with Crippen molar-refractivity contribution in [3.8, 4) is 0 Å². The molecule has 0 spiro atoms. The predicted octanol–water partition coefficient (Wildman–Crippen LogP) is 2.32. The Kier molecular flexibility index (Phi) is 4.69. The van der Waals surface area contributed by atoms with Crippen LogP contribution < -0.4 is 5.32 Å². The Morgan fingerprint density at radius 2 is 2.04 bits per heavy atom. The molecule has 3 atom stereocenters. The Hall–Kier alpha value is -2.70. The molecule has 2 amide bonds. The molecule has 1 aliphatic heterocycles. The molecule has 2 aromatic rings. The number of amides is 2. The number of aromatic nitrogens is 2. The SMILES string of the molecule is Cc1noc([C@]23C[C@H](NC(=O)c4ccccc4)CC2CN(C(=O)C(C)C)C3)n1. The highest BCUT2D eigenvalue weighted by Crippen LogP contribution is 2.50. The fourth-order valence-corrected chi connectivity index (χ4v) is 4.70. The summed E-state index contributed by atoms with van der Waals surface area (Å²) in [4.78, 5) is 31.6. The van der Waals surface area contributed by atoms with Crippen molar-refractivity contribution in [1.29, 1.82) is 0 Å². The number of fused-ring (bicyclic) bond motifs is 1. The summed E-state index contributed by atoms with van der Waals surface area (Å²) in [6.07, 6.45) is 1.49. The monoisotopic (exact) mass is 382 g/mol. The maximum absolute atomic E-state index is 12.6. The largest absolute Gasteiger partial charge is 0.349 e. The van der Waals surface area contributed by atoms with E-state index in [-0.39, 0.29) is 35.1 Å². The van der Waals surface area contributed by atoms with Crippen LogP contribution in [0.4, 0.5) is 0 Å². The van der Waals surface area contributed by atoms with E-state index in [1.165, 1.54) is 0 Å². The van der Waals surface area contributed by atoms with Gasteiger partial charge in [0.15, 0.2) is 5.82 Å². The number of carbonyl (C=O) groups excluding carboxylic acids is 2. The second-order valence-electron chi connectivity index (χ2n) is 8.35. The minimum atomic E-state index is -0.388. The molecular formula is C21H26N4O3. The van der Waals surface area contributed by atoms with Gasteiger partial charge in [-0.05, 0) is 37.8 Å². The number of carbonyl (C=O) groups is 2. The van der Waals surface area contributed by atoms with E-state index in [9.17, 15) is 9.59 Å². The molecule has 2 fully saturated rings. The minimum absolute atomic E-state index is 0.0150. The van der Waals surface area contributed by atoms with E-state index in [2.05, 4.69) is 15.5 Å². The quantitative estimate of drug-likeness (QED) is 0.877. The third-order valence-electron chi connectivity index (χ3n) is 6.01. The summed E-state index contributed by atoms with van der Waals surface area (Å²) in [7, 11) is 0. The van der Waals surface area contributed by atoms with E-state index in [1.807, 2.05) is 49.1 Å². The van der Waals surface area contributed by atoms with Gasteiger partial charge in [-0.1, -0.05) is 37.2 Å². The highest BCUT2D eigenvalue weighted by molar-refractivity contribution is 5.94. The maximum Gasteiger partial charge on any atom is 0.251 e. The Balaban J connectivity index is 1.56. The lowest BCUT2D eigenvalue weighted by Crippen LogP contribution is -2.40. The molecule has 7 heteroatoms.